The number of rotatable bonds is 1. The molecule has 11 heavy (non-hydrogen) atoms. The third kappa shape index (κ3) is 0.861. The Labute approximate surface area is 61.8 Å². The lowest BCUT2D eigenvalue weighted by atomic mass is 10.2. The Kier molecular flexibility index (Phi) is 1.15. The van der Waals surface area contributed by atoms with Crippen LogP contribution in [0, 0.1) is 0 Å². The van der Waals surface area contributed by atoms with E-state index < -0.39 is 0 Å². The lowest BCUT2D eigenvalue weighted by Crippen LogP contribution is -1.82. The lowest BCUT2D eigenvalue weighted by Gasteiger charge is -1.86. The second kappa shape index (κ2) is 2.12. The lowest BCUT2D eigenvalue weighted by molar-refractivity contribution is 0.417. The maximum absolute atomic E-state index is 5.51. The molecule has 5 heteroatoms. The monoisotopic (exact) mass is 151 g/mol. The summed E-state index contributed by atoms with van der Waals surface area (Å²) in [6.07, 6.45) is 4.38. The summed E-state index contributed by atoms with van der Waals surface area (Å²) >= 11 is 0. The molecule has 0 amide bonds. The minimum absolute atomic E-state index is 0.480. The summed E-state index contributed by atoms with van der Waals surface area (Å²) in [7, 11) is 0. The second-order valence-electron chi connectivity index (χ2n) is 2.02. The fourth-order valence-corrected chi connectivity index (χ4v) is 0.784. The van der Waals surface area contributed by atoms with Crippen LogP contribution in [0.4, 0.5) is 5.69 Å². The second-order valence-corrected chi connectivity index (χ2v) is 2.02. The largest absolute Gasteiger partial charge is 0.394 e. The van der Waals surface area contributed by atoms with Crippen LogP contribution in [0.3, 0.4) is 0 Å². The van der Waals surface area contributed by atoms with E-state index >= 15 is 0 Å². The molecule has 2 N–H and O–H groups in total. The van der Waals surface area contributed by atoms with E-state index in [-0.39, 0.29) is 0 Å². The Balaban J connectivity index is 2.53. The number of hydrogen-bond acceptors (Lipinski definition) is 5. The van der Waals surface area contributed by atoms with Crippen molar-refractivity contribution in [1.82, 2.24) is 10.3 Å². The maximum atomic E-state index is 5.51. The molecule has 0 aliphatic heterocycles. The van der Waals surface area contributed by atoms with E-state index in [1.807, 2.05) is 0 Å². The fourth-order valence-electron chi connectivity index (χ4n) is 0.784. The standard InChI is InChI=1S/C6H5N3O2/c7-5-2-9-11-6(5)4-1-8-10-3-4/h1-3H,7H2. The molecule has 0 unspecified atom stereocenters. The molecule has 0 fully saturated rings. The third-order valence-corrected chi connectivity index (χ3v) is 1.29. The van der Waals surface area contributed by atoms with Crippen LogP contribution in [0.1, 0.15) is 0 Å². The quantitative estimate of drug-likeness (QED) is 0.655. The van der Waals surface area contributed by atoms with Crippen molar-refractivity contribution in [3.05, 3.63) is 18.7 Å². The SMILES string of the molecule is Nc1cnoc1-c1cnoc1. The minimum Gasteiger partial charge on any atom is -0.394 e. The highest BCUT2D eigenvalue weighted by Crippen LogP contribution is 2.23. The van der Waals surface area contributed by atoms with Gasteiger partial charge in [-0.05, 0) is 0 Å². The summed E-state index contributed by atoms with van der Waals surface area (Å²) in [6.45, 7) is 0. The molecular formula is C6H5N3O2. The summed E-state index contributed by atoms with van der Waals surface area (Å²) in [5.74, 6) is 0.492. The summed E-state index contributed by atoms with van der Waals surface area (Å²) in [4.78, 5) is 0. The average molecular weight is 151 g/mol. The predicted octanol–water partition coefficient (Wildman–Crippen LogP) is 0.912. The molecule has 0 aliphatic carbocycles. The van der Waals surface area contributed by atoms with E-state index in [1.54, 1.807) is 0 Å². The van der Waals surface area contributed by atoms with Gasteiger partial charge in [0, 0.05) is 0 Å². The van der Waals surface area contributed by atoms with Crippen molar-refractivity contribution in [2.24, 2.45) is 0 Å². The summed E-state index contributed by atoms with van der Waals surface area (Å²) in [6, 6.07) is 0. The van der Waals surface area contributed by atoms with Crippen LogP contribution in [0.25, 0.3) is 11.3 Å². The number of nitrogens with zero attached hydrogens (tertiary/aromatic N) is 2. The normalized spacial score (nSPS) is 10.2. The van der Waals surface area contributed by atoms with Crippen LogP contribution in [0.2, 0.25) is 0 Å². The van der Waals surface area contributed by atoms with E-state index in [4.69, 9.17) is 10.3 Å². The molecule has 0 aliphatic rings. The van der Waals surface area contributed by atoms with Gasteiger partial charge in [-0.15, -0.1) is 0 Å². The first kappa shape index (κ1) is 5.96. The van der Waals surface area contributed by atoms with Crippen molar-refractivity contribution in [1.29, 1.82) is 0 Å². The van der Waals surface area contributed by atoms with Crippen LogP contribution in [0.15, 0.2) is 27.7 Å². The summed E-state index contributed by atoms with van der Waals surface area (Å²) < 4.78 is 9.43. The van der Waals surface area contributed by atoms with Crippen molar-refractivity contribution in [2.45, 2.75) is 0 Å². The number of nitrogens with two attached hydrogens (primary N) is 1. The Morgan fingerprint density at radius 2 is 2.18 bits per heavy atom. The Hall–Kier alpha value is -1.78. The van der Waals surface area contributed by atoms with Gasteiger partial charge in [0.05, 0.1) is 18.0 Å². The van der Waals surface area contributed by atoms with Gasteiger partial charge >= 0.3 is 0 Å². The van der Waals surface area contributed by atoms with Crippen LogP contribution in [-0.4, -0.2) is 10.3 Å². The first-order valence-electron chi connectivity index (χ1n) is 2.98. The molecular weight excluding hydrogens is 146 g/mol. The highest BCUT2D eigenvalue weighted by molar-refractivity contribution is 5.68. The van der Waals surface area contributed by atoms with Crippen LogP contribution in [-0.2, 0) is 0 Å². The molecule has 2 heterocycles. The Morgan fingerprint density at radius 3 is 2.73 bits per heavy atom. The number of anilines is 1. The van der Waals surface area contributed by atoms with Gasteiger partial charge in [-0.2, -0.15) is 0 Å². The molecule has 0 bridgehead atoms. The van der Waals surface area contributed by atoms with Crippen molar-refractivity contribution < 1.29 is 9.05 Å². The minimum atomic E-state index is 0.480. The van der Waals surface area contributed by atoms with Gasteiger partial charge in [-0.1, -0.05) is 10.3 Å². The van der Waals surface area contributed by atoms with Crippen molar-refractivity contribution in [3.8, 4) is 11.3 Å². The van der Waals surface area contributed by atoms with Crippen LogP contribution >= 0.6 is 0 Å². The molecule has 5 nitrogen and oxygen atoms in total. The van der Waals surface area contributed by atoms with Gasteiger partial charge in [-0.3, -0.25) is 0 Å². The molecule has 0 atom stereocenters. The smallest absolute Gasteiger partial charge is 0.194 e. The average Bonchev–Trinajstić information content (AvgIpc) is 2.55. The van der Waals surface area contributed by atoms with E-state index in [2.05, 4.69) is 14.8 Å². The predicted molar refractivity (Wildman–Crippen MR) is 36.4 cm³/mol. The molecule has 2 aromatic rings. The zero-order valence-electron chi connectivity index (χ0n) is 5.52. The first-order valence-corrected chi connectivity index (χ1v) is 2.98. The highest BCUT2D eigenvalue weighted by atomic mass is 16.5. The molecule has 0 radical (unpaired) electrons. The van der Waals surface area contributed by atoms with Crippen molar-refractivity contribution >= 4 is 5.69 Å². The van der Waals surface area contributed by atoms with Crippen molar-refractivity contribution in [3.63, 3.8) is 0 Å². The van der Waals surface area contributed by atoms with E-state index in [1.165, 1.54) is 18.7 Å². The van der Waals surface area contributed by atoms with Gasteiger partial charge in [0.25, 0.3) is 0 Å². The van der Waals surface area contributed by atoms with Crippen molar-refractivity contribution in [2.75, 3.05) is 5.73 Å². The topological polar surface area (TPSA) is 78.1 Å². The van der Waals surface area contributed by atoms with Gasteiger partial charge in [0.2, 0.25) is 0 Å². The third-order valence-electron chi connectivity index (χ3n) is 1.29. The molecule has 2 aromatic heterocycles. The number of nitrogen functional groups attached to an aromatic ring is 1. The van der Waals surface area contributed by atoms with Crippen LogP contribution < -0.4 is 5.73 Å². The van der Waals surface area contributed by atoms with E-state index in [0.717, 1.165) is 0 Å². The Bertz CT molecular complexity index is 338. The van der Waals surface area contributed by atoms with E-state index in [9.17, 15) is 0 Å². The van der Waals surface area contributed by atoms with Gasteiger partial charge < -0.3 is 14.8 Å². The zero-order valence-corrected chi connectivity index (χ0v) is 5.52. The number of hydrogen-bond donors (Lipinski definition) is 1. The van der Waals surface area contributed by atoms with Gasteiger partial charge in [-0.25, -0.2) is 0 Å². The molecule has 0 aromatic carbocycles. The fraction of sp³-hybridized carbons (Fsp3) is 0. The zero-order chi connectivity index (χ0) is 7.68. The molecule has 0 saturated heterocycles. The van der Waals surface area contributed by atoms with Gasteiger partial charge in [0.15, 0.2) is 5.76 Å². The summed E-state index contributed by atoms with van der Waals surface area (Å²) in [5.41, 5.74) is 6.68. The number of aromatic nitrogens is 2. The first-order chi connectivity index (χ1) is 5.38. The highest BCUT2D eigenvalue weighted by Gasteiger charge is 2.08. The van der Waals surface area contributed by atoms with Gasteiger partial charge in [0.1, 0.15) is 12.0 Å². The van der Waals surface area contributed by atoms with E-state index in [0.29, 0.717) is 17.0 Å². The molecule has 0 spiro atoms. The molecule has 56 valence electrons. The maximum Gasteiger partial charge on any atom is 0.194 e. The molecule has 2 rings (SSSR count). The van der Waals surface area contributed by atoms with Crippen LogP contribution in [0.5, 0.6) is 0 Å². The summed E-state index contributed by atoms with van der Waals surface area (Å²) in [5, 5.41) is 7.01. The Morgan fingerprint density at radius 1 is 1.27 bits per heavy atom. The molecule has 0 saturated carbocycles.